The first kappa shape index (κ1) is 12.8. The molecule has 3 nitrogen and oxygen atoms in total. The molecule has 0 aliphatic rings. The Labute approximate surface area is 103 Å². The number of rotatable bonds is 2. The molecule has 2 aromatic rings. The van der Waals surface area contributed by atoms with Crippen molar-refractivity contribution in [2.75, 3.05) is 0 Å². The van der Waals surface area contributed by atoms with Crippen LogP contribution < -0.4 is 5.19 Å². The van der Waals surface area contributed by atoms with Gasteiger partial charge in [-0.25, -0.2) is 8.78 Å². The normalized spacial score (nSPS) is 11.6. The monoisotopic (exact) mass is 268 g/mol. The van der Waals surface area contributed by atoms with Crippen molar-refractivity contribution in [3.8, 4) is 11.1 Å². The van der Waals surface area contributed by atoms with Crippen LogP contribution in [0.4, 0.5) is 8.78 Å². The average Bonchev–Trinajstić information content (AvgIpc) is 2.32. The van der Waals surface area contributed by atoms with Crippen molar-refractivity contribution >= 4 is 14.0 Å². The van der Waals surface area contributed by atoms with Gasteiger partial charge in [-0.2, -0.15) is 0 Å². The minimum atomic E-state index is -4.31. The molecule has 0 heterocycles. The Morgan fingerprint density at radius 2 is 1.28 bits per heavy atom. The molecule has 0 amide bonds. The standard InChI is InChI=1S/C12H10F2O3Si/c13-11-6-3-9(7-12(11)14)8-1-4-10(5-2-8)18(15,16)17/h1-7,15-17H. The average molecular weight is 268 g/mol. The molecule has 18 heavy (non-hydrogen) atoms. The summed E-state index contributed by atoms with van der Waals surface area (Å²) in [6, 6.07) is 9.13. The number of benzene rings is 2. The summed E-state index contributed by atoms with van der Waals surface area (Å²) in [7, 11) is -4.31. The molecule has 0 spiro atoms. The summed E-state index contributed by atoms with van der Waals surface area (Å²) < 4.78 is 25.8. The van der Waals surface area contributed by atoms with E-state index in [1.54, 1.807) is 0 Å². The highest BCUT2D eigenvalue weighted by Gasteiger charge is 2.29. The van der Waals surface area contributed by atoms with Crippen LogP contribution in [0.2, 0.25) is 0 Å². The molecule has 2 aromatic carbocycles. The van der Waals surface area contributed by atoms with Crippen LogP contribution in [0.1, 0.15) is 0 Å². The lowest BCUT2D eigenvalue weighted by Crippen LogP contribution is -2.48. The topological polar surface area (TPSA) is 60.7 Å². The van der Waals surface area contributed by atoms with Crippen molar-refractivity contribution in [2.24, 2.45) is 0 Å². The van der Waals surface area contributed by atoms with E-state index in [1.165, 1.54) is 30.3 Å². The SMILES string of the molecule is O[Si](O)(O)c1ccc(-c2ccc(F)c(F)c2)cc1. The van der Waals surface area contributed by atoms with Gasteiger partial charge < -0.3 is 14.4 Å². The van der Waals surface area contributed by atoms with Crippen LogP contribution in [0.5, 0.6) is 0 Å². The first-order valence-electron chi connectivity index (χ1n) is 5.11. The predicted octanol–water partition coefficient (Wildman–Crippen LogP) is 0.755. The largest absolute Gasteiger partial charge is 0.528 e. The summed E-state index contributed by atoms with van der Waals surface area (Å²) in [5.41, 5.74) is 1.04. The molecule has 0 aromatic heterocycles. The van der Waals surface area contributed by atoms with Crippen molar-refractivity contribution in [1.29, 1.82) is 0 Å². The molecule has 0 aliphatic carbocycles. The lowest BCUT2D eigenvalue weighted by Gasteiger charge is -2.10. The Morgan fingerprint density at radius 1 is 0.722 bits per heavy atom. The summed E-state index contributed by atoms with van der Waals surface area (Å²) >= 11 is 0. The second kappa shape index (κ2) is 4.58. The Morgan fingerprint density at radius 3 is 1.78 bits per heavy atom. The van der Waals surface area contributed by atoms with Gasteiger partial charge in [-0.05, 0) is 23.3 Å². The highest BCUT2D eigenvalue weighted by molar-refractivity contribution is 6.71. The third-order valence-electron chi connectivity index (χ3n) is 2.53. The zero-order valence-corrected chi connectivity index (χ0v) is 10.1. The van der Waals surface area contributed by atoms with E-state index in [0.717, 1.165) is 12.1 Å². The van der Waals surface area contributed by atoms with Gasteiger partial charge in [0.1, 0.15) is 0 Å². The van der Waals surface area contributed by atoms with Gasteiger partial charge >= 0.3 is 8.80 Å². The maximum Gasteiger partial charge on any atom is 0.528 e. The zero-order valence-electron chi connectivity index (χ0n) is 9.14. The van der Waals surface area contributed by atoms with E-state index in [4.69, 9.17) is 14.4 Å². The van der Waals surface area contributed by atoms with E-state index in [-0.39, 0.29) is 5.19 Å². The van der Waals surface area contributed by atoms with Crippen LogP contribution >= 0.6 is 0 Å². The molecule has 0 saturated heterocycles. The lowest BCUT2D eigenvalue weighted by molar-refractivity contribution is 0.250. The summed E-state index contributed by atoms with van der Waals surface area (Å²) in [6.45, 7) is 0. The van der Waals surface area contributed by atoms with Gasteiger partial charge in [-0.15, -0.1) is 0 Å². The zero-order chi connectivity index (χ0) is 13.3. The summed E-state index contributed by atoms with van der Waals surface area (Å²) in [5.74, 6) is -1.88. The minimum Gasteiger partial charge on any atom is -0.386 e. The molecule has 0 aliphatic heterocycles. The second-order valence-corrected chi connectivity index (χ2v) is 5.69. The summed E-state index contributed by atoms with van der Waals surface area (Å²) in [4.78, 5) is 27.2. The molecule has 94 valence electrons. The van der Waals surface area contributed by atoms with Gasteiger partial charge in [0.15, 0.2) is 11.6 Å². The Hall–Kier alpha value is -1.60. The van der Waals surface area contributed by atoms with E-state index in [0.29, 0.717) is 11.1 Å². The summed E-state index contributed by atoms with van der Waals surface area (Å²) in [5, 5.41) is 0.0221. The van der Waals surface area contributed by atoms with E-state index in [2.05, 4.69) is 0 Å². The Kier molecular flexibility index (Phi) is 3.27. The first-order chi connectivity index (χ1) is 8.38. The number of halogens is 2. The van der Waals surface area contributed by atoms with E-state index >= 15 is 0 Å². The van der Waals surface area contributed by atoms with Gasteiger partial charge in [0.05, 0.1) is 0 Å². The van der Waals surface area contributed by atoms with Crippen molar-refractivity contribution in [3.63, 3.8) is 0 Å². The fourth-order valence-corrected chi connectivity index (χ4v) is 2.18. The minimum absolute atomic E-state index is 0.0221. The molecule has 6 heteroatoms. The van der Waals surface area contributed by atoms with Gasteiger partial charge in [-0.1, -0.05) is 30.3 Å². The molecular weight excluding hydrogens is 258 g/mol. The number of hydrogen-bond acceptors (Lipinski definition) is 3. The fourth-order valence-electron chi connectivity index (χ4n) is 1.56. The van der Waals surface area contributed by atoms with Crippen LogP contribution in [0, 0.1) is 11.6 Å². The van der Waals surface area contributed by atoms with E-state index in [9.17, 15) is 8.78 Å². The molecule has 0 radical (unpaired) electrons. The smallest absolute Gasteiger partial charge is 0.386 e. The third kappa shape index (κ3) is 2.62. The maximum absolute atomic E-state index is 13.0. The quantitative estimate of drug-likeness (QED) is 0.705. The Balaban J connectivity index is 2.37. The van der Waals surface area contributed by atoms with E-state index in [1.807, 2.05) is 0 Å². The first-order valence-corrected chi connectivity index (χ1v) is 6.95. The van der Waals surface area contributed by atoms with E-state index < -0.39 is 20.4 Å². The number of hydrogen-bond donors (Lipinski definition) is 3. The van der Waals surface area contributed by atoms with Crippen LogP contribution in [-0.2, 0) is 0 Å². The molecule has 0 bridgehead atoms. The van der Waals surface area contributed by atoms with Crippen LogP contribution in [0.15, 0.2) is 42.5 Å². The highest BCUT2D eigenvalue weighted by Crippen LogP contribution is 2.20. The molecule has 3 N–H and O–H groups in total. The maximum atomic E-state index is 13.0. The molecule has 0 atom stereocenters. The molecule has 0 saturated carbocycles. The van der Waals surface area contributed by atoms with Gasteiger partial charge in [0, 0.05) is 5.19 Å². The molecule has 2 rings (SSSR count). The van der Waals surface area contributed by atoms with Gasteiger partial charge in [0.25, 0.3) is 0 Å². The lowest BCUT2D eigenvalue weighted by atomic mass is 10.1. The molecule has 0 fully saturated rings. The van der Waals surface area contributed by atoms with Crippen LogP contribution in [0.3, 0.4) is 0 Å². The van der Waals surface area contributed by atoms with Gasteiger partial charge in [0.2, 0.25) is 0 Å². The second-order valence-electron chi connectivity index (χ2n) is 3.84. The van der Waals surface area contributed by atoms with Crippen molar-refractivity contribution in [3.05, 3.63) is 54.1 Å². The molecular formula is C12H10F2O3Si. The van der Waals surface area contributed by atoms with Crippen molar-refractivity contribution in [1.82, 2.24) is 0 Å². The van der Waals surface area contributed by atoms with Crippen LogP contribution in [0.25, 0.3) is 11.1 Å². The van der Waals surface area contributed by atoms with Crippen molar-refractivity contribution in [2.45, 2.75) is 0 Å². The summed E-state index contributed by atoms with van der Waals surface area (Å²) in [6.07, 6.45) is 0. The predicted molar refractivity (Wildman–Crippen MR) is 63.8 cm³/mol. The molecule has 0 unspecified atom stereocenters. The highest BCUT2D eigenvalue weighted by atomic mass is 28.4. The Bertz CT molecular complexity index is 565. The van der Waals surface area contributed by atoms with Gasteiger partial charge in [-0.3, -0.25) is 0 Å². The van der Waals surface area contributed by atoms with Crippen molar-refractivity contribution < 1.29 is 23.2 Å². The van der Waals surface area contributed by atoms with Crippen LogP contribution in [-0.4, -0.2) is 23.2 Å². The fraction of sp³-hybridized carbons (Fsp3) is 0. The third-order valence-corrected chi connectivity index (χ3v) is 3.63.